The Morgan fingerprint density at radius 1 is 0.857 bits per heavy atom. The molecule has 2 aromatic rings. The smallest absolute Gasteiger partial charge is 0.157 e. The summed E-state index contributed by atoms with van der Waals surface area (Å²) in [5.74, 6) is 1.24. The summed E-state index contributed by atoms with van der Waals surface area (Å²) in [6.45, 7) is 0. The fraction of sp³-hybridized carbons (Fsp3) is 0.125. The van der Waals surface area contributed by atoms with Crippen molar-refractivity contribution < 1.29 is 24.2 Å². The van der Waals surface area contributed by atoms with E-state index in [0.29, 0.717) is 22.6 Å². The van der Waals surface area contributed by atoms with Crippen LogP contribution in [-0.4, -0.2) is 31.9 Å². The van der Waals surface area contributed by atoms with Gasteiger partial charge in [0.15, 0.2) is 6.29 Å². The fourth-order valence-corrected chi connectivity index (χ4v) is 1.55. The molecular formula is C16H16O5. The van der Waals surface area contributed by atoms with Crippen LogP contribution < -0.4 is 9.47 Å². The summed E-state index contributed by atoms with van der Waals surface area (Å²) in [4.78, 5) is 20.6. The van der Waals surface area contributed by atoms with E-state index >= 15 is 0 Å². The van der Waals surface area contributed by atoms with E-state index in [1.807, 2.05) is 0 Å². The van der Waals surface area contributed by atoms with Gasteiger partial charge in [-0.05, 0) is 36.4 Å². The zero-order chi connectivity index (χ0) is 15.7. The maximum Gasteiger partial charge on any atom is 0.157 e. The van der Waals surface area contributed by atoms with E-state index in [9.17, 15) is 9.59 Å². The highest BCUT2D eigenvalue weighted by molar-refractivity contribution is 5.83. The molecule has 5 nitrogen and oxygen atoms in total. The van der Waals surface area contributed by atoms with Crippen LogP contribution in [0.15, 0.2) is 42.5 Å². The van der Waals surface area contributed by atoms with Crippen LogP contribution >= 0.6 is 0 Å². The first-order valence-electron chi connectivity index (χ1n) is 6.06. The van der Waals surface area contributed by atoms with Crippen molar-refractivity contribution in [2.24, 2.45) is 0 Å². The molecule has 0 heterocycles. The Labute approximate surface area is 122 Å². The lowest BCUT2D eigenvalue weighted by Crippen LogP contribution is -1.94. The molecule has 0 radical (unpaired) electrons. The number of phenols is 1. The lowest BCUT2D eigenvalue weighted by Gasteiger charge is -2.06. The molecule has 0 aliphatic carbocycles. The van der Waals surface area contributed by atoms with Gasteiger partial charge in [-0.2, -0.15) is 0 Å². The summed E-state index contributed by atoms with van der Waals surface area (Å²) < 4.78 is 9.93. The van der Waals surface area contributed by atoms with Crippen molar-refractivity contribution in [1.29, 1.82) is 0 Å². The Morgan fingerprint density at radius 2 is 1.38 bits per heavy atom. The lowest BCUT2D eigenvalue weighted by molar-refractivity contribution is 0.111. The molecule has 21 heavy (non-hydrogen) atoms. The van der Waals surface area contributed by atoms with Crippen LogP contribution in [-0.2, 0) is 0 Å². The Kier molecular flexibility index (Phi) is 6.47. The summed E-state index contributed by atoms with van der Waals surface area (Å²) in [5, 5.41) is 8.74. The van der Waals surface area contributed by atoms with E-state index in [4.69, 9.17) is 14.6 Å². The summed E-state index contributed by atoms with van der Waals surface area (Å²) in [6, 6.07) is 11.3. The summed E-state index contributed by atoms with van der Waals surface area (Å²) in [6.07, 6.45) is 1.46. The predicted octanol–water partition coefficient (Wildman–Crippen LogP) is 2.72. The second kappa shape index (κ2) is 8.37. The molecule has 5 heteroatoms. The first-order chi connectivity index (χ1) is 10.2. The number of hydrogen-bond acceptors (Lipinski definition) is 5. The minimum Gasteiger partial charge on any atom is -0.508 e. The van der Waals surface area contributed by atoms with E-state index in [-0.39, 0.29) is 5.75 Å². The molecule has 0 aliphatic heterocycles. The normalized spacial score (nSPS) is 9.05. The van der Waals surface area contributed by atoms with E-state index in [0.717, 1.165) is 12.6 Å². The van der Waals surface area contributed by atoms with Gasteiger partial charge in [0.2, 0.25) is 0 Å². The number of carbonyl (C=O) groups is 2. The zero-order valence-electron chi connectivity index (χ0n) is 11.8. The Balaban J connectivity index is 0.000000219. The highest BCUT2D eigenvalue weighted by Gasteiger charge is 2.06. The molecule has 0 aliphatic rings. The summed E-state index contributed by atoms with van der Waals surface area (Å²) in [7, 11) is 3.03. The van der Waals surface area contributed by atoms with Gasteiger partial charge in [0, 0.05) is 5.56 Å². The largest absolute Gasteiger partial charge is 0.508 e. The second-order valence-corrected chi connectivity index (χ2v) is 3.90. The number of rotatable bonds is 4. The molecule has 0 bridgehead atoms. The van der Waals surface area contributed by atoms with Crippen molar-refractivity contribution in [2.75, 3.05) is 14.2 Å². The van der Waals surface area contributed by atoms with Gasteiger partial charge in [0.05, 0.1) is 19.8 Å². The lowest BCUT2D eigenvalue weighted by atomic mass is 10.2. The molecular weight excluding hydrogens is 272 g/mol. The van der Waals surface area contributed by atoms with Crippen LogP contribution in [0.5, 0.6) is 17.2 Å². The molecule has 0 spiro atoms. The minimum absolute atomic E-state index is 0.181. The molecule has 2 aromatic carbocycles. The van der Waals surface area contributed by atoms with E-state index < -0.39 is 0 Å². The molecule has 2 rings (SSSR count). The standard InChI is InChI=1S/C9H10O3.C7H6O2/c1-11-8-4-3-5-9(12-2)7(8)6-10;8-5-6-1-3-7(9)4-2-6/h3-6H,1-2H3;1-5,9H. The molecule has 0 saturated heterocycles. The Morgan fingerprint density at radius 3 is 1.76 bits per heavy atom. The number of ether oxygens (including phenoxy) is 2. The summed E-state index contributed by atoms with van der Waals surface area (Å²) >= 11 is 0. The zero-order valence-corrected chi connectivity index (χ0v) is 11.8. The number of benzene rings is 2. The van der Waals surface area contributed by atoms with E-state index in [2.05, 4.69) is 0 Å². The van der Waals surface area contributed by atoms with Crippen molar-refractivity contribution in [3.05, 3.63) is 53.6 Å². The van der Waals surface area contributed by atoms with Crippen LogP contribution in [0.2, 0.25) is 0 Å². The van der Waals surface area contributed by atoms with Crippen molar-refractivity contribution >= 4 is 12.6 Å². The third kappa shape index (κ3) is 4.65. The van der Waals surface area contributed by atoms with Gasteiger partial charge in [0.25, 0.3) is 0 Å². The highest BCUT2D eigenvalue weighted by Crippen LogP contribution is 2.25. The van der Waals surface area contributed by atoms with E-state index in [1.165, 1.54) is 26.4 Å². The number of aromatic hydroxyl groups is 1. The van der Waals surface area contributed by atoms with Crippen LogP contribution in [0.3, 0.4) is 0 Å². The fourth-order valence-electron chi connectivity index (χ4n) is 1.55. The van der Waals surface area contributed by atoms with Crippen molar-refractivity contribution in [3.63, 3.8) is 0 Å². The SMILES string of the molecule is COc1cccc(OC)c1C=O.O=Cc1ccc(O)cc1. The first kappa shape index (κ1) is 16.2. The van der Waals surface area contributed by atoms with Gasteiger partial charge >= 0.3 is 0 Å². The third-order valence-corrected chi connectivity index (χ3v) is 2.61. The first-order valence-corrected chi connectivity index (χ1v) is 6.06. The Bertz CT molecular complexity index is 568. The number of methoxy groups -OCH3 is 2. The minimum atomic E-state index is 0.181. The van der Waals surface area contributed by atoms with Crippen molar-refractivity contribution in [1.82, 2.24) is 0 Å². The van der Waals surface area contributed by atoms with Gasteiger partial charge in [-0.3, -0.25) is 9.59 Å². The average Bonchev–Trinajstić information content (AvgIpc) is 2.55. The summed E-state index contributed by atoms with van der Waals surface area (Å²) in [5.41, 5.74) is 1.02. The van der Waals surface area contributed by atoms with Crippen LogP contribution in [0, 0.1) is 0 Å². The molecule has 0 fully saturated rings. The number of phenolic OH excluding ortho intramolecular Hbond substituents is 1. The average molecular weight is 288 g/mol. The van der Waals surface area contributed by atoms with Gasteiger partial charge in [-0.1, -0.05) is 6.07 Å². The molecule has 0 amide bonds. The van der Waals surface area contributed by atoms with Gasteiger partial charge in [0.1, 0.15) is 23.5 Å². The van der Waals surface area contributed by atoms with Gasteiger partial charge in [-0.15, -0.1) is 0 Å². The molecule has 1 N–H and O–H groups in total. The topological polar surface area (TPSA) is 72.8 Å². The predicted molar refractivity (Wildman–Crippen MR) is 78.4 cm³/mol. The van der Waals surface area contributed by atoms with Gasteiger partial charge in [-0.25, -0.2) is 0 Å². The quantitative estimate of drug-likeness (QED) is 0.876. The van der Waals surface area contributed by atoms with Crippen LogP contribution in [0.25, 0.3) is 0 Å². The van der Waals surface area contributed by atoms with Crippen molar-refractivity contribution in [3.8, 4) is 17.2 Å². The molecule has 0 atom stereocenters. The third-order valence-electron chi connectivity index (χ3n) is 2.61. The van der Waals surface area contributed by atoms with Gasteiger partial charge < -0.3 is 14.6 Å². The Hall–Kier alpha value is -2.82. The van der Waals surface area contributed by atoms with Crippen molar-refractivity contribution in [2.45, 2.75) is 0 Å². The number of hydrogen-bond donors (Lipinski definition) is 1. The highest BCUT2D eigenvalue weighted by atomic mass is 16.5. The molecule has 110 valence electrons. The van der Waals surface area contributed by atoms with Crippen LogP contribution in [0.1, 0.15) is 20.7 Å². The second-order valence-electron chi connectivity index (χ2n) is 3.90. The maximum atomic E-state index is 10.6. The monoisotopic (exact) mass is 288 g/mol. The van der Waals surface area contributed by atoms with E-state index in [1.54, 1.807) is 30.3 Å². The molecule has 0 unspecified atom stereocenters. The molecule has 0 saturated carbocycles. The number of aldehydes is 2. The molecule has 0 aromatic heterocycles. The van der Waals surface area contributed by atoms with Crippen LogP contribution in [0.4, 0.5) is 0 Å². The number of carbonyl (C=O) groups excluding carboxylic acids is 2. The maximum absolute atomic E-state index is 10.6.